The molecule has 0 aliphatic rings. The summed E-state index contributed by atoms with van der Waals surface area (Å²) in [5, 5.41) is 2.66. The quantitative estimate of drug-likeness (QED) is 0.592. The molecule has 0 aliphatic carbocycles. The molecule has 1 amide bonds. The number of rotatable bonds is 4. The van der Waals surface area contributed by atoms with Crippen molar-refractivity contribution < 1.29 is 13.9 Å². The maximum Gasteiger partial charge on any atom is 0.255 e. The van der Waals surface area contributed by atoms with Crippen molar-refractivity contribution in [2.75, 3.05) is 17.9 Å². The lowest BCUT2D eigenvalue weighted by molar-refractivity contribution is 0.102. The third kappa shape index (κ3) is 3.46. The number of aromatic nitrogens is 1. The van der Waals surface area contributed by atoms with Gasteiger partial charge >= 0.3 is 0 Å². The summed E-state index contributed by atoms with van der Waals surface area (Å²) in [6.45, 7) is 1.75. The van der Waals surface area contributed by atoms with Crippen LogP contribution in [-0.4, -0.2) is 18.0 Å². The minimum atomic E-state index is -0.445. The highest BCUT2D eigenvalue weighted by Gasteiger charge is 2.12. The highest BCUT2D eigenvalue weighted by Crippen LogP contribution is 2.25. The van der Waals surface area contributed by atoms with Gasteiger partial charge in [-0.05, 0) is 31.2 Å². The van der Waals surface area contributed by atoms with Gasteiger partial charge in [0.15, 0.2) is 0 Å². The number of carbonyl (C=O) groups excluding carboxylic acids is 1. The van der Waals surface area contributed by atoms with Crippen molar-refractivity contribution in [2.24, 2.45) is 5.84 Å². The molecule has 7 heteroatoms. The minimum absolute atomic E-state index is 0.242. The fourth-order valence-electron chi connectivity index (χ4n) is 1.84. The van der Waals surface area contributed by atoms with Crippen LogP contribution in [0.4, 0.5) is 15.9 Å². The van der Waals surface area contributed by atoms with Crippen LogP contribution in [0, 0.1) is 12.7 Å². The number of carbonyl (C=O) groups is 1. The van der Waals surface area contributed by atoms with Crippen molar-refractivity contribution in [2.45, 2.75) is 6.92 Å². The van der Waals surface area contributed by atoms with E-state index in [4.69, 9.17) is 10.6 Å². The predicted octanol–water partition coefficient (Wildman–Crippen LogP) is 2.08. The number of nitrogens with zero attached hydrogens (tertiary/aromatic N) is 1. The van der Waals surface area contributed by atoms with Crippen LogP contribution in [-0.2, 0) is 0 Å². The van der Waals surface area contributed by atoms with Crippen LogP contribution >= 0.6 is 0 Å². The molecular formula is C14H15FN4O2. The van der Waals surface area contributed by atoms with Gasteiger partial charge in [-0.15, -0.1) is 0 Å². The smallest absolute Gasteiger partial charge is 0.255 e. The molecular weight excluding hydrogens is 275 g/mol. The van der Waals surface area contributed by atoms with Crippen molar-refractivity contribution in [3.8, 4) is 5.75 Å². The summed E-state index contributed by atoms with van der Waals surface area (Å²) in [6.07, 6.45) is 0. The van der Waals surface area contributed by atoms with Gasteiger partial charge in [-0.25, -0.2) is 15.2 Å². The van der Waals surface area contributed by atoms with E-state index >= 15 is 0 Å². The fraction of sp³-hybridized carbons (Fsp3) is 0.143. The lowest BCUT2D eigenvalue weighted by atomic mass is 10.2. The van der Waals surface area contributed by atoms with Crippen molar-refractivity contribution >= 4 is 17.4 Å². The molecule has 6 nitrogen and oxygen atoms in total. The van der Waals surface area contributed by atoms with Crippen LogP contribution in [0.3, 0.4) is 0 Å². The summed E-state index contributed by atoms with van der Waals surface area (Å²) in [5.41, 5.74) is 3.78. The second kappa shape index (κ2) is 6.19. The van der Waals surface area contributed by atoms with Gasteiger partial charge in [-0.2, -0.15) is 0 Å². The maximum atomic E-state index is 13.1. The minimum Gasteiger partial charge on any atom is -0.494 e. The van der Waals surface area contributed by atoms with Crippen LogP contribution in [0.15, 0.2) is 30.3 Å². The Labute approximate surface area is 121 Å². The molecule has 0 unspecified atom stereocenters. The summed E-state index contributed by atoms with van der Waals surface area (Å²) in [5.74, 6) is 5.10. The van der Waals surface area contributed by atoms with E-state index in [-0.39, 0.29) is 11.7 Å². The molecule has 1 heterocycles. The SMILES string of the molecule is COc1cc(F)ccc1NC(=O)c1cc(C)nc(NN)c1. The average Bonchev–Trinajstić information content (AvgIpc) is 2.48. The van der Waals surface area contributed by atoms with Crippen molar-refractivity contribution in [1.29, 1.82) is 0 Å². The van der Waals surface area contributed by atoms with E-state index in [0.717, 1.165) is 0 Å². The molecule has 2 rings (SSSR count). The number of nitrogens with one attached hydrogen (secondary N) is 2. The number of aryl methyl sites for hydroxylation is 1. The van der Waals surface area contributed by atoms with Crippen molar-refractivity contribution in [3.63, 3.8) is 0 Å². The number of halogens is 1. The van der Waals surface area contributed by atoms with Crippen LogP contribution in [0.25, 0.3) is 0 Å². The lowest BCUT2D eigenvalue weighted by Crippen LogP contribution is -2.15. The van der Waals surface area contributed by atoms with E-state index in [2.05, 4.69) is 15.7 Å². The van der Waals surface area contributed by atoms with Crippen molar-refractivity contribution in [3.05, 3.63) is 47.4 Å². The van der Waals surface area contributed by atoms with Crippen LogP contribution < -0.4 is 21.3 Å². The van der Waals surface area contributed by atoms with Gasteiger partial charge < -0.3 is 15.5 Å². The Morgan fingerprint density at radius 1 is 1.33 bits per heavy atom. The maximum absolute atomic E-state index is 13.1. The molecule has 0 bridgehead atoms. The lowest BCUT2D eigenvalue weighted by Gasteiger charge is -2.11. The molecule has 0 spiro atoms. The number of amides is 1. The molecule has 0 atom stereocenters. The molecule has 4 N–H and O–H groups in total. The highest BCUT2D eigenvalue weighted by atomic mass is 19.1. The Kier molecular flexibility index (Phi) is 4.34. The summed E-state index contributed by atoms with van der Waals surface area (Å²) in [7, 11) is 1.40. The molecule has 110 valence electrons. The van der Waals surface area contributed by atoms with Gasteiger partial charge in [0.1, 0.15) is 17.4 Å². The zero-order chi connectivity index (χ0) is 15.4. The van der Waals surface area contributed by atoms with Gasteiger partial charge in [-0.1, -0.05) is 0 Å². The zero-order valence-corrected chi connectivity index (χ0v) is 11.6. The van der Waals surface area contributed by atoms with Gasteiger partial charge in [0.05, 0.1) is 12.8 Å². The number of pyridine rings is 1. The Hall–Kier alpha value is -2.67. The number of nitrogens with two attached hydrogens (primary N) is 1. The number of hydrazine groups is 1. The van der Waals surface area contributed by atoms with Crippen LogP contribution in [0.1, 0.15) is 16.1 Å². The zero-order valence-electron chi connectivity index (χ0n) is 11.6. The van der Waals surface area contributed by atoms with E-state index in [1.165, 1.54) is 31.4 Å². The monoisotopic (exact) mass is 290 g/mol. The Balaban J connectivity index is 2.28. The normalized spacial score (nSPS) is 10.1. The fourth-order valence-corrected chi connectivity index (χ4v) is 1.84. The predicted molar refractivity (Wildman–Crippen MR) is 77.7 cm³/mol. The Bertz CT molecular complexity index is 676. The molecule has 1 aromatic carbocycles. The van der Waals surface area contributed by atoms with Gasteiger partial charge in [-0.3, -0.25) is 4.79 Å². The first-order valence-electron chi connectivity index (χ1n) is 6.13. The van der Waals surface area contributed by atoms with Crippen LogP contribution in [0.2, 0.25) is 0 Å². The summed E-state index contributed by atoms with van der Waals surface area (Å²) in [6, 6.07) is 7.00. The second-order valence-electron chi connectivity index (χ2n) is 4.33. The largest absolute Gasteiger partial charge is 0.494 e. The van der Waals surface area contributed by atoms with Crippen LogP contribution in [0.5, 0.6) is 5.75 Å². The van der Waals surface area contributed by atoms with E-state index in [0.29, 0.717) is 22.8 Å². The second-order valence-corrected chi connectivity index (χ2v) is 4.33. The number of hydrogen-bond acceptors (Lipinski definition) is 5. The number of ether oxygens (including phenoxy) is 1. The topological polar surface area (TPSA) is 89.3 Å². The molecule has 0 aliphatic heterocycles. The third-order valence-electron chi connectivity index (χ3n) is 2.78. The van der Waals surface area contributed by atoms with Crippen molar-refractivity contribution in [1.82, 2.24) is 4.98 Å². The third-order valence-corrected chi connectivity index (χ3v) is 2.78. The van der Waals surface area contributed by atoms with Gasteiger partial charge in [0.25, 0.3) is 5.91 Å². The van der Waals surface area contributed by atoms with E-state index < -0.39 is 5.82 Å². The summed E-state index contributed by atoms with van der Waals surface area (Å²) < 4.78 is 18.2. The number of methoxy groups -OCH3 is 1. The Morgan fingerprint density at radius 2 is 2.10 bits per heavy atom. The molecule has 0 saturated heterocycles. The van der Waals surface area contributed by atoms with Gasteiger partial charge in [0.2, 0.25) is 0 Å². The van der Waals surface area contributed by atoms with E-state index in [1.807, 2.05) is 0 Å². The number of nitrogen functional groups attached to an aromatic ring is 1. The highest BCUT2D eigenvalue weighted by molar-refractivity contribution is 6.05. The molecule has 0 saturated carbocycles. The molecule has 0 fully saturated rings. The first kappa shape index (κ1) is 14.7. The standard InChI is InChI=1S/C14H15FN4O2/c1-8-5-9(6-13(17-8)19-16)14(20)18-11-4-3-10(15)7-12(11)21-2/h3-7H,16H2,1-2H3,(H,17,19)(H,18,20). The average molecular weight is 290 g/mol. The first-order chi connectivity index (χ1) is 10.0. The number of hydrogen-bond donors (Lipinski definition) is 3. The Morgan fingerprint density at radius 3 is 2.76 bits per heavy atom. The molecule has 0 radical (unpaired) electrons. The summed E-state index contributed by atoms with van der Waals surface area (Å²) in [4.78, 5) is 16.3. The summed E-state index contributed by atoms with van der Waals surface area (Å²) >= 11 is 0. The number of benzene rings is 1. The molecule has 1 aromatic heterocycles. The first-order valence-corrected chi connectivity index (χ1v) is 6.13. The van der Waals surface area contributed by atoms with E-state index in [9.17, 15) is 9.18 Å². The molecule has 2 aromatic rings. The van der Waals surface area contributed by atoms with Gasteiger partial charge in [0, 0.05) is 17.3 Å². The van der Waals surface area contributed by atoms with E-state index in [1.54, 1.807) is 13.0 Å². The number of anilines is 2. The molecule has 21 heavy (non-hydrogen) atoms.